The minimum atomic E-state index is 0.807. The number of anilines is 1. The number of hydrogen-bond donors (Lipinski definition) is 0. The Labute approximate surface area is 126 Å². The van der Waals surface area contributed by atoms with Gasteiger partial charge in [-0.1, -0.05) is 18.3 Å². The van der Waals surface area contributed by atoms with Crippen molar-refractivity contribution in [2.45, 2.75) is 39.5 Å². The van der Waals surface area contributed by atoms with Gasteiger partial charge in [0.25, 0.3) is 0 Å². The Morgan fingerprint density at radius 1 is 1.15 bits per heavy atom. The van der Waals surface area contributed by atoms with E-state index in [0.29, 0.717) is 0 Å². The first-order chi connectivity index (χ1) is 9.70. The second-order valence-corrected chi connectivity index (χ2v) is 7.70. The second kappa shape index (κ2) is 6.39. The standard InChI is InChI=1S/C15H26N4S/c1-12-5-8-18(9-6-12)10-14-4-3-7-19(11-14)15-17-16-13(2)20-15/h12,14H,3-11H2,1-2H3. The van der Waals surface area contributed by atoms with Crippen molar-refractivity contribution >= 4 is 16.5 Å². The number of nitrogens with zero attached hydrogens (tertiary/aromatic N) is 4. The van der Waals surface area contributed by atoms with Crippen molar-refractivity contribution in [3.63, 3.8) is 0 Å². The Bertz CT molecular complexity index is 425. The lowest BCUT2D eigenvalue weighted by atomic mass is 9.94. The maximum atomic E-state index is 4.31. The summed E-state index contributed by atoms with van der Waals surface area (Å²) in [5, 5.41) is 10.7. The molecular formula is C15H26N4S. The molecule has 0 aromatic carbocycles. The van der Waals surface area contributed by atoms with Crippen molar-refractivity contribution in [1.29, 1.82) is 0 Å². The van der Waals surface area contributed by atoms with Gasteiger partial charge in [-0.15, -0.1) is 10.2 Å². The molecule has 0 radical (unpaired) electrons. The Morgan fingerprint density at radius 3 is 2.65 bits per heavy atom. The van der Waals surface area contributed by atoms with E-state index in [2.05, 4.69) is 26.9 Å². The van der Waals surface area contributed by atoms with Crippen LogP contribution in [0.3, 0.4) is 0 Å². The van der Waals surface area contributed by atoms with Crippen LogP contribution in [0.2, 0.25) is 0 Å². The van der Waals surface area contributed by atoms with E-state index in [1.165, 1.54) is 51.9 Å². The molecule has 1 aromatic heterocycles. The lowest BCUT2D eigenvalue weighted by Gasteiger charge is -2.37. The molecule has 0 aliphatic carbocycles. The molecule has 0 bridgehead atoms. The monoisotopic (exact) mass is 294 g/mol. The Balaban J connectivity index is 1.53. The molecule has 0 N–H and O–H groups in total. The third kappa shape index (κ3) is 3.50. The summed E-state index contributed by atoms with van der Waals surface area (Å²) in [7, 11) is 0. The molecule has 5 heteroatoms. The topological polar surface area (TPSA) is 32.3 Å². The molecule has 4 nitrogen and oxygen atoms in total. The summed E-state index contributed by atoms with van der Waals surface area (Å²) < 4.78 is 0. The molecule has 2 saturated heterocycles. The van der Waals surface area contributed by atoms with Crippen LogP contribution in [-0.4, -0.2) is 47.8 Å². The Morgan fingerprint density at radius 2 is 1.95 bits per heavy atom. The molecule has 2 aliphatic rings. The number of likely N-dealkylation sites (tertiary alicyclic amines) is 1. The van der Waals surface area contributed by atoms with E-state index < -0.39 is 0 Å². The van der Waals surface area contributed by atoms with Crippen LogP contribution in [0.4, 0.5) is 5.13 Å². The summed E-state index contributed by atoms with van der Waals surface area (Å²) in [4.78, 5) is 5.13. The second-order valence-electron chi connectivity index (χ2n) is 6.54. The number of aryl methyl sites for hydroxylation is 1. The first kappa shape index (κ1) is 14.3. The van der Waals surface area contributed by atoms with Crippen LogP contribution in [0.5, 0.6) is 0 Å². The molecule has 2 aliphatic heterocycles. The summed E-state index contributed by atoms with van der Waals surface area (Å²) in [6.07, 6.45) is 5.44. The van der Waals surface area contributed by atoms with Crippen LogP contribution < -0.4 is 4.90 Å². The molecule has 20 heavy (non-hydrogen) atoms. The average Bonchev–Trinajstić information content (AvgIpc) is 2.89. The first-order valence-electron chi connectivity index (χ1n) is 7.98. The van der Waals surface area contributed by atoms with Gasteiger partial charge in [-0.25, -0.2) is 0 Å². The van der Waals surface area contributed by atoms with Crippen LogP contribution >= 0.6 is 11.3 Å². The van der Waals surface area contributed by atoms with E-state index in [1.54, 1.807) is 11.3 Å². The van der Waals surface area contributed by atoms with Gasteiger partial charge in [0.05, 0.1) is 0 Å². The highest BCUT2D eigenvalue weighted by Gasteiger charge is 2.25. The minimum absolute atomic E-state index is 0.807. The molecule has 1 atom stereocenters. The van der Waals surface area contributed by atoms with Gasteiger partial charge in [0.15, 0.2) is 0 Å². The van der Waals surface area contributed by atoms with E-state index in [0.717, 1.165) is 28.5 Å². The summed E-state index contributed by atoms with van der Waals surface area (Å²) in [6, 6.07) is 0. The number of piperidine rings is 2. The lowest BCUT2D eigenvalue weighted by molar-refractivity contribution is 0.159. The number of rotatable bonds is 3. The molecule has 3 rings (SSSR count). The Kier molecular flexibility index (Phi) is 4.56. The van der Waals surface area contributed by atoms with Crippen molar-refractivity contribution in [3.05, 3.63) is 5.01 Å². The first-order valence-corrected chi connectivity index (χ1v) is 8.80. The van der Waals surface area contributed by atoms with E-state index in [9.17, 15) is 0 Å². The van der Waals surface area contributed by atoms with Gasteiger partial charge in [-0.2, -0.15) is 0 Å². The molecule has 0 spiro atoms. The molecule has 1 aromatic rings. The van der Waals surface area contributed by atoms with Crippen LogP contribution in [-0.2, 0) is 0 Å². The van der Waals surface area contributed by atoms with E-state index >= 15 is 0 Å². The smallest absolute Gasteiger partial charge is 0.208 e. The molecular weight excluding hydrogens is 268 g/mol. The van der Waals surface area contributed by atoms with Gasteiger partial charge >= 0.3 is 0 Å². The van der Waals surface area contributed by atoms with E-state index in [-0.39, 0.29) is 0 Å². The summed E-state index contributed by atoms with van der Waals surface area (Å²) in [6.45, 7) is 10.6. The fourth-order valence-electron chi connectivity index (χ4n) is 3.41. The van der Waals surface area contributed by atoms with Crippen LogP contribution in [0.25, 0.3) is 0 Å². The van der Waals surface area contributed by atoms with Crippen molar-refractivity contribution in [2.24, 2.45) is 11.8 Å². The SMILES string of the molecule is Cc1nnc(N2CCCC(CN3CCC(C)CC3)C2)s1. The van der Waals surface area contributed by atoms with Gasteiger partial charge in [0, 0.05) is 19.6 Å². The third-order valence-electron chi connectivity index (χ3n) is 4.70. The van der Waals surface area contributed by atoms with Crippen molar-refractivity contribution < 1.29 is 0 Å². The fraction of sp³-hybridized carbons (Fsp3) is 0.867. The molecule has 3 heterocycles. The van der Waals surface area contributed by atoms with E-state index in [4.69, 9.17) is 0 Å². The number of aromatic nitrogens is 2. The maximum Gasteiger partial charge on any atom is 0.208 e. The van der Waals surface area contributed by atoms with Crippen molar-refractivity contribution in [1.82, 2.24) is 15.1 Å². The predicted octanol–water partition coefficient (Wildman–Crippen LogP) is 2.79. The fourth-order valence-corrected chi connectivity index (χ4v) is 4.13. The zero-order valence-corrected chi connectivity index (χ0v) is 13.5. The lowest BCUT2D eigenvalue weighted by Crippen LogP contribution is -2.43. The van der Waals surface area contributed by atoms with E-state index in [1.807, 2.05) is 6.92 Å². The van der Waals surface area contributed by atoms with Crippen molar-refractivity contribution in [3.8, 4) is 0 Å². The average molecular weight is 294 g/mol. The zero-order valence-electron chi connectivity index (χ0n) is 12.7. The normalized spacial score (nSPS) is 26.1. The van der Waals surface area contributed by atoms with Gasteiger partial charge in [0.2, 0.25) is 5.13 Å². The largest absolute Gasteiger partial charge is 0.346 e. The van der Waals surface area contributed by atoms with Crippen LogP contribution in [0.1, 0.15) is 37.6 Å². The highest BCUT2D eigenvalue weighted by molar-refractivity contribution is 7.15. The van der Waals surface area contributed by atoms with Crippen molar-refractivity contribution in [2.75, 3.05) is 37.6 Å². The summed E-state index contributed by atoms with van der Waals surface area (Å²) >= 11 is 1.73. The molecule has 0 saturated carbocycles. The summed E-state index contributed by atoms with van der Waals surface area (Å²) in [5.41, 5.74) is 0. The highest BCUT2D eigenvalue weighted by Crippen LogP contribution is 2.27. The predicted molar refractivity (Wildman–Crippen MR) is 84.4 cm³/mol. The molecule has 1 unspecified atom stereocenters. The third-order valence-corrected chi connectivity index (χ3v) is 5.60. The molecule has 2 fully saturated rings. The molecule has 0 amide bonds. The quantitative estimate of drug-likeness (QED) is 0.858. The van der Waals surface area contributed by atoms with Crippen LogP contribution in [0.15, 0.2) is 0 Å². The molecule has 112 valence electrons. The van der Waals surface area contributed by atoms with Crippen LogP contribution in [0, 0.1) is 18.8 Å². The summed E-state index contributed by atoms with van der Waals surface area (Å²) in [5.74, 6) is 1.74. The van der Waals surface area contributed by atoms with Gasteiger partial charge < -0.3 is 9.80 Å². The van der Waals surface area contributed by atoms with Gasteiger partial charge in [-0.05, 0) is 57.5 Å². The maximum absolute atomic E-state index is 4.31. The zero-order chi connectivity index (χ0) is 13.9. The highest BCUT2D eigenvalue weighted by atomic mass is 32.1. The minimum Gasteiger partial charge on any atom is -0.346 e. The van der Waals surface area contributed by atoms with Gasteiger partial charge in [0.1, 0.15) is 5.01 Å². The van der Waals surface area contributed by atoms with Gasteiger partial charge in [-0.3, -0.25) is 0 Å². The Hall–Kier alpha value is -0.680. The number of hydrogen-bond acceptors (Lipinski definition) is 5.